The number of ketones is 1. The molecule has 3 aromatic carbocycles. The Morgan fingerprint density at radius 3 is 2.16 bits per heavy atom. The number of phenols is 4. The Labute approximate surface area is 396 Å². The van der Waals surface area contributed by atoms with Gasteiger partial charge in [-0.25, -0.2) is 0 Å². The molecule has 1 saturated heterocycles. The van der Waals surface area contributed by atoms with E-state index in [2.05, 4.69) is 10.2 Å². The minimum absolute atomic E-state index is 0.0378. The molecule has 1 amide bonds. The van der Waals surface area contributed by atoms with Crippen molar-refractivity contribution >= 4 is 40.3 Å². The Bertz CT molecular complexity index is 2510. The number of aliphatic hydroxyl groups is 2. The number of methoxy groups -OCH3 is 1. The van der Waals surface area contributed by atoms with Gasteiger partial charge in [-0.05, 0) is 51.5 Å². The number of nitrogens with zero attached hydrogens (tertiary/aromatic N) is 3. The summed E-state index contributed by atoms with van der Waals surface area (Å²) >= 11 is 0. The summed E-state index contributed by atoms with van der Waals surface area (Å²) < 4.78 is 23.8. The van der Waals surface area contributed by atoms with Crippen LogP contribution in [0.15, 0.2) is 65.5 Å². The van der Waals surface area contributed by atoms with Crippen molar-refractivity contribution < 1.29 is 64.0 Å². The van der Waals surface area contributed by atoms with E-state index in [0.717, 1.165) is 5.56 Å². The number of amides is 1. The number of phenolic OH excluding ortho intramolecular Hbond substituents is 4. The lowest BCUT2D eigenvalue weighted by molar-refractivity contribution is -0.160. The van der Waals surface area contributed by atoms with Gasteiger partial charge in [0, 0.05) is 80.8 Å². The van der Waals surface area contributed by atoms with Crippen molar-refractivity contribution in [2.24, 2.45) is 28.8 Å². The Hall–Kier alpha value is -6.14. The molecule has 368 valence electrons. The first-order chi connectivity index (χ1) is 32.0. The van der Waals surface area contributed by atoms with E-state index in [1.807, 2.05) is 31.0 Å². The lowest BCUT2D eigenvalue weighted by Gasteiger charge is -2.42. The first kappa shape index (κ1) is 51.3. The summed E-state index contributed by atoms with van der Waals surface area (Å²) in [6, 6.07) is 6.70. The van der Waals surface area contributed by atoms with Crippen molar-refractivity contribution in [3.8, 4) is 28.7 Å². The number of fused-ring (bicyclic) bond motifs is 14. The predicted molar refractivity (Wildman–Crippen MR) is 256 cm³/mol. The summed E-state index contributed by atoms with van der Waals surface area (Å²) in [7, 11) is 1.43. The Kier molecular flexibility index (Phi) is 15.5. The zero-order chi connectivity index (χ0) is 50.1. The monoisotopic (exact) mass is 942 g/mol. The van der Waals surface area contributed by atoms with Crippen LogP contribution in [-0.2, 0) is 30.3 Å². The van der Waals surface area contributed by atoms with Gasteiger partial charge >= 0.3 is 11.8 Å². The number of nitrogens with one attached hydrogen (secondary N) is 1. The molecule has 4 aliphatic heterocycles. The smallest absolute Gasteiger partial charge is 0.312 e. The maximum atomic E-state index is 14.6. The van der Waals surface area contributed by atoms with Crippen molar-refractivity contribution in [2.45, 2.75) is 118 Å². The fraction of sp³-hybridized carbons (Fsp3) is 0.490. The van der Waals surface area contributed by atoms with Crippen LogP contribution in [0.3, 0.4) is 0 Å². The number of piperazine rings is 1. The van der Waals surface area contributed by atoms with Crippen molar-refractivity contribution in [1.82, 2.24) is 9.91 Å². The second-order valence-electron chi connectivity index (χ2n) is 18.8. The molecule has 4 aliphatic rings. The molecule has 0 saturated carbocycles. The molecule has 17 heteroatoms. The second-order valence-corrected chi connectivity index (χ2v) is 18.8. The number of allylic oxidation sites excluding steroid dienone is 2. The van der Waals surface area contributed by atoms with Gasteiger partial charge in [0.05, 0.1) is 65.1 Å². The molecule has 1 fully saturated rings. The number of ether oxygens (including phenoxy) is 4. The number of hydrazone groups is 1. The molecule has 0 unspecified atom stereocenters. The Balaban J connectivity index is 1.48. The first-order valence-corrected chi connectivity index (χ1v) is 22.9. The normalized spacial score (nSPS) is 29.8. The number of benzene rings is 3. The van der Waals surface area contributed by atoms with Crippen LogP contribution in [0.25, 0.3) is 10.8 Å². The molecule has 3 aromatic rings. The van der Waals surface area contributed by atoms with Crippen molar-refractivity contribution in [3.63, 3.8) is 0 Å². The minimum atomic E-state index is -2.08. The third-order valence-electron chi connectivity index (χ3n) is 13.6. The Morgan fingerprint density at radius 1 is 0.897 bits per heavy atom. The molecule has 7 rings (SSSR count). The summed E-state index contributed by atoms with van der Waals surface area (Å²) in [5.74, 6) is -8.43. The minimum Gasteiger partial charge on any atom is -0.508 e. The SMILES string of the molecule is CO[C@@H]1C=CO[C@@]2(C)Oc3c(C)c(O)c4c(O)c(c(C=NN5[C@H](C)CN(Cc6ccc(O)cc6)C[C@@H]5C)c(O)c4c3C2=O)NC(=O)C(C)=CC=C[C@H](C)[C@H](O)[C@H](C)[C@H](O)[C@H](C)[C@H](OC(C)=O)[C@H]1C. The van der Waals surface area contributed by atoms with Gasteiger partial charge in [-0.3, -0.25) is 24.3 Å². The van der Waals surface area contributed by atoms with Crippen LogP contribution in [0.2, 0.25) is 0 Å². The van der Waals surface area contributed by atoms with E-state index in [1.165, 1.54) is 59.4 Å². The number of aliphatic hydroxyl groups excluding tert-OH is 2. The highest BCUT2D eigenvalue weighted by atomic mass is 16.7. The maximum absolute atomic E-state index is 14.6. The average Bonchev–Trinajstić information content (AvgIpc) is 3.55. The molecule has 11 atom stereocenters. The summed E-state index contributed by atoms with van der Waals surface area (Å²) in [5, 5.41) is 77.8. The summed E-state index contributed by atoms with van der Waals surface area (Å²) in [6.45, 7) is 18.3. The van der Waals surface area contributed by atoms with Gasteiger partial charge in [-0.15, -0.1) is 0 Å². The molecule has 17 nitrogen and oxygen atoms in total. The zero-order valence-corrected chi connectivity index (χ0v) is 40.6. The summed E-state index contributed by atoms with van der Waals surface area (Å²) in [6.07, 6.45) is 4.78. The van der Waals surface area contributed by atoms with E-state index in [0.29, 0.717) is 19.6 Å². The number of aromatic hydroxyl groups is 4. The highest BCUT2D eigenvalue weighted by Gasteiger charge is 2.50. The third kappa shape index (κ3) is 10.2. The van der Waals surface area contributed by atoms with Crippen molar-refractivity contribution in [3.05, 3.63) is 82.7 Å². The molecule has 0 spiro atoms. The summed E-state index contributed by atoms with van der Waals surface area (Å²) in [5.41, 5.74) is 0.548. The molecule has 5 bridgehead atoms. The summed E-state index contributed by atoms with van der Waals surface area (Å²) in [4.78, 5) is 43.3. The second kappa shape index (κ2) is 20.6. The van der Waals surface area contributed by atoms with Gasteiger partial charge in [0.25, 0.3) is 11.7 Å². The van der Waals surface area contributed by atoms with Crippen LogP contribution in [0.5, 0.6) is 28.7 Å². The maximum Gasteiger partial charge on any atom is 0.312 e. The number of hydrogen-bond acceptors (Lipinski definition) is 16. The predicted octanol–water partition coefficient (Wildman–Crippen LogP) is 6.39. The van der Waals surface area contributed by atoms with Crippen LogP contribution in [0.1, 0.15) is 89.4 Å². The molecule has 7 N–H and O–H groups in total. The van der Waals surface area contributed by atoms with Crippen LogP contribution in [0.4, 0.5) is 5.69 Å². The van der Waals surface area contributed by atoms with Crippen LogP contribution < -0.4 is 10.1 Å². The molecule has 0 radical (unpaired) electrons. The number of carbonyl (C=O) groups excluding carboxylic acids is 3. The number of Topliss-reactive ketones (excluding diaryl/α,β-unsaturated/α-hetero) is 1. The topological polar surface area (TPSA) is 240 Å². The molecular weight excluding hydrogens is 877 g/mol. The van der Waals surface area contributed by atoms with Crippen molar-refractivity contribution in [1.29, 1.82) is 0 Å². The van der Waals surface area contributed by atoms with E-state index < -0.39 is 88.8 Å². The van der Waals surface area contributed by atoms with Crippen LogP contribution >= 0.6 is 0 Å². The van der Waals surface area contributed by atoms with Crippen LogP contribution in [0, 0.1) is 30.6 Å². The third-order valence-corrected chi connectivity index (χ3v) is 13.6. The van der Waals surface area contributed by atoms with E-state index in [9.17, 15) is 45.0 Å². The highest BCUT2D eigenvalue weighted by molar-refractivity contribution is 6.23. The lowest BCUT2D eigenvalue weighted by Crippen LogP contribution is -2.54. The number of carbonyl (C=O) groups is 3. The van der Waals surface area contributed by atoms with Gasteiger partial charge in [0.15, 0.2) is 5.75 Å². The van der Waals surface area contributed by atoms with Gasteiger partial charge in [-0.1, -0.05) is 58.1 Å². The number of esters is 1. The van der Waals surface area contributed by atoms with E-state index >= 15 is 0 Å². The number of rotatable bonds is 6. The quantitative estimate of drug-likeness (QED) is 0.0614. The standard InChI is InChI=1S/C51H66N4O13/c1-25-13-12-14-26(2)50(64)53-41-36(21-52-55-27(3)22-54(23-28(55)4)24-34-15-17-35(57)18-16-34)45(61)38-39(46(41)62)44(60)32(8)48-40(38)49(63)51(10,68-48)66-20-19-37(65-11)29(5)47(67-33(9)56)31(7)43(59)30(6)42(25)58/h12-21,25,27-31,37,42-43,47,57-62H,22-24H2,1-11H3,(H,53,64)/t25-,27-,28+,29-,30-,31-,37+,42-,43-,47+,51-/m0/s1. The van der Waals surface area contributed by atoms with Gasteiger partial charge in [0.2, 0.25) is 0 Å². The zero-order valence-electron chi connectivity index (χ0n) is 40.6. The first-order valence-electron chi connectivity index (χ1n) is 22.9. The average molecular weight is 943 g/mol. The fourth-order valence-electron chi connectivity index (χ4n) is 9.64. The van der Waals surface area contributed by atoms with E-state index in [4.69, 9.17) is 24.0 Å². The van der Waals surface area contributed by atoms with Gasteiger partial charge in [0.1, 0.15) is 29.1 Å². The molecule has 4 heterocycles. The molecular formula is C51H66N4O13. The number of hydrogen-bond donors (Lipinski definition) is 7. The van der Waals surface area contributed by atoms with Gasteiger partial charge in [-0.2, -0.15) is 5.10 Å². The molecule has 0 aliphatic carbocycles. The fourth-order valence-corrected chi connectivity index (χ4v) is 9.64. The van der Waals surface area contributed by atoms with Crippen LogP contribution in [-0.4, -0.2) is 127 Å². The van der Waals surface area contributed by atoms with Gasteiger partial charge < -0.3 is 54.9 Å². The molecule has 68 heavy (non-hydrogen) atoms. The largest absolute Gasteiger partial charge is 0.508 e. The molecule has 0 aromatic heterocycles. The van der Waals surface area contributed by atoms with E-state index in [-0.39, 0.29) is 62.3 Å². The highest BCUT2D eigenvalue weighted by Crippen LogP contribution is 2.55. The van der Waals surface area contributed by atoms with Crippen molar-refractivity contribution in [2.75, 3.05) is 25.5 Å². The van der Waals surface area contributed by atoms with E-state index in [1.54, 1.807) is 52.0 Å². The Morgan fingerprint density at radius 2 is 1.54 bits per heavy atom. The number of anilines is 1. The lowest BCUT2D eigenvalue weighted by atomic mass is 9.78.